The van der Waals surface area contributed by atoms with Crippen molar-refractivity contribution in [2.75, 3.05) is 31.1 Å². The molecule has 0 unspecified atom stereocenters. The van der Waals surface area contributed by atoms with E-state index in [9.17, 15) is 8.42 Å². The van der Waals surface area contributed by atoms with Crippen molar-refractivity contribution in [2.24, 2.45) is 0 Å². The Balaban J connectivity index is 1.55. The van der Waals surface area contributed by atoms with Gasteiger partial charge in [0.2, 0.25) is 10.0 Å². The first-order valence-electron chi connectivity index (χ1n) is 10.2. The van der Waals surface area contributed by atoms with Crippen molar-refractivity contribution in [3.8, 4) is 5.69 Å². The Hall–Kier alpha value is -2.64. The molecule has 4 rings (SSSR count). The Morgan fingerprint density at radius 2 is 1.53 bits per heavy atom. The molecule has 1 aliphatic heterocycles. The Kier molecular flexibility index (Phi) is 5.42. The molecule has 0 atom stereocenters. The highest BCUT2D eigenvalue weighted by Gasteiger charge is 2.31. The zero-order valence-corrected chi connectivity index (χ0v) is 18.8. The Labute approximate surface area is 178 Å². The van der Waals surface area contributed by atoms with E-state index >= 15 is 0 Å². The molecule has 0 saturated carbocycles. The second kappa shape index (κ2) is 7.89. The predicted octanol–water partition coefficient (Wildman–Crippen LogP) is 3.62. The number of hydrogen-bond donors (Lipinski definition) is 0. The molecule has 158 valence electrons. The quantitative estimate of drug-likeness (QED) is 0.642. The van der Waals surface area contributed by atoms with Gasteiger partial charge in [-0.15, -0.1) is 0 Å². The molecule has 1 saturated heterocycles. The smallest absolute Gasteiger partial charge is 0.243 e. The number of para-hydroxylation sites is 1. The predicted molar refractivity (Wildman–Crippen MR) is 120 cm³/mol. The largest absolute Gasteiger partial charge is 0.366 e. The molecule has 1 aliphatic rings. The highest BCUT2D eigenvalue weighted by Crippen LogP contribution is 2.29. The number of sulfonamides is 1. The summed E-state index contributed by atoms with van der Waals surface area (Å²) in [5, 5.41) is 4.73. The zero-order chi connectivity index (χ0) is 21.5. The Bertz CT molecular complexity index is 1160. The summed E-state index contributed by atoms with van der Waals surface area (Å²) in [5.74, 6) is 0. The fourth-order valence-electron chi connectivity index (χ4n) is 4.29. The minimum absolute atomic E-state index is 0.408. The second-order valence-electron chi connectivity index (χ2n) is 7.93. The van der Waals surface area contributed by atoms with Crippen LogP contribution in [-0.2, 0) is 10.0 Å². The summed E-state index contributed by atoms with van der Waals surface area (Å²) in [6.45, 7) is 10.1. The van der Waals surface area contributed by atoms with E-state index in [1.165, 1.54) is 0 Å². The first kappa shape index (κ1) is 20.6. The molecular weight excluding hydrogens is 396 g/mol. The van der Waals surface area contributed by atoms with Gasteiger partial charge in [0.25, 0.3) is 0 Å². The van der Waals surface area contributed by atoms with Gasteiger partial charge in [-0.1, -0.05) is 35.9 Å². The maximum atomic E-state index is 13.2. The molecule has 7 heteroatoms. The first-order valence-corrected chi connectivity index (χ1v) is 11.7. The maximum absolute atomic E-state index is 13.2. The van der Waals surface area contributed by atoms with E-state index in [1.54, 1.807) is 10.4 Å². The van der Waals surface area contributed by atoms with Crippen LogP contribution in [0.4, 0.5) is 5.69 Å². The highest BCUT2D eigenvalue weighted by atomic mass is 32.2. The molecule has 0 amide bonds. The fourth-order valence-corrected chi connectivity index (χ4v) is 5.92. The summed E-state index contributed by atoms with van der Waals surface area (Å²) in [7, 11) is -3.49. The molecule has 0 radical (unpaired) electrons. The van der Waals surface area contributed by atoms with Gasteiger partial charge in [0.15, 0.2) is 0 Å². The van der Waals surface area contributed by atoms with Gasteiger partial charge in [-0.25, -0.2) is 13.1 Å². The van der Waals surface area contributed by atoms with Gasteiger partial charge in [-0.3, -0.25) is 0 Å². The van der Waals surface area contributed by atoms with E-state index < -0.39 is 10.0 Å². The molecule has 0 bridgehead atoms. The van der Waals surface area contributed by atoms with Crippen LogP contribution in [0, 0.1) is 27.7 Å². The average Bonchev–Trinajstić information content (AvgIpc) is 3.02. The van der Waals surface area contributed by atoms with E-state index in [0.29, 0.717) is 31.1 Å². The van der Waals surface area contributed by atoms with Crippen molar-refractivity contribution < 1.29 is 8.42 Å². The van der Waals surface area contributed by atoms with Crippen LogP contribution in [-0.4, -0.2) is 48.7 Å². The molecule has 6 nitrogen and oxygen atoms in total. The Morgan fingerprint density at radius 1 is 0.867 bits per heavy atom. The molecule has 2 heterocycles. The Morgan fingerprint density at radius 3 is 2.17 bits per heavy atom. The maximum Gasteiger partial charge on any atom is 0.243 e. The van der Waals surface area contributed by atoms with Crippen LogP contribution in [0.2, 0.25) is 0 Å². The fraction of sp³-hybridized carbons (Fsp3) is 0.348. The van der Waals surface area contributed by atoms with Crippen LogP contribution in [0.25, 0.3) is 5.69 Å². The zero-order valence-electron chi connectivity index (χ0n) is 18.0. The molecular formula is C23H28N4O2S. The third-order valence-electron chi connectivity index (χ3n) is 5.76. The van der Waals surface area contributed by atoms with E-state index in [4.69, 9.17) is 5.10 Å². The number of aromatic nitrogens is 2. The topological polar surface area (TPSA) is 58.4 Å². The van der Waals surface area contributed by atoms with E-state index in [2.05, 4.69) is 11.8 Å². The molecule has 30 heavy (non-hydrogen) atoms. The summed E-state index contributed by atoms with van der Waals surface area (Å²) < 4.78 is 29.9. The standard InChI is InChI=1S/C23H28N4O2S/c1-17-10-11-22(18(2)16-17)30(28,29)26-14-12-25(13-15-26)23-19(3)24-27(20(23)4)21-8-6-5-7-9-21/h5-11,16H,12-15H2,1-4H3. The van der Waals surface area contributed by atoms with Gasteiger partial charge in [0, 0.05) is 26.2 Å². The van der Waals surface area contributed by atoms with Gasteiger partial charge in [0.05, 0.1) is 27.7 Å². The number of anilines is 1. The third kappa shape index (κ3) is 3.63. The summed E-state index contributed by atoms with van der Waals surface area (Å²) >= 11 is 0. The van der Waals surface area contributed by atoms with E-state index in [0.717, 1.165) is 33.9 Å². The van der Waals surface area contributed by atoms with Gasteiger partial charge >= 0.3 is 0 Å². The van der Waals surface area contributed by atoms with Crippen LogP contribution in [0.15, 0.2) is 53.4 Å². The first-order chi connectivity index (χ1) is 14.3. The summed E-state index contributed by atoms with van der Waals surface area (Å²) in [4.78, 5) is 2.66. The molecule has 3 aromatic rings. The van der Waals surface area contributed by atoms with Crippen molar-refractivity contribution in [2.45, 2.75) is 32.6 Å². The molecule has 1 aromatic heterocycles. The molecule has 0 aliphatic carbocycles. The van der Waals surface area contributed by atoms with Crippen LogP contribution >= 0.6 is 0 Å². The molecule has 0 spiro atoms. The van der Waals surface area contributed by atoms with Crippen molar-refractivity contribution in [1.82, 2.24) is 14.1 Å². The van der Waals surface area contributed by atoms with Crippen LogP contribution in [0.3, 0.4) is 0 Å². The van der Waals surface area contributed by atoms with Gasteiger partial charge in [-0.05, 0) is 51.5 Å². The summed E-state index contributed by atoms with van der Waals surface area (Å²) in [6.07, 6.45) is 0. The third-order valence-corrected chi connectivity index (χ3v) is 7.82. The molecule has 2 aromatic carbocycles. The average molecular weight is 425 g/mol. The van der Waals surface area contributed by atoms with Crippen molar-refractivity contribution in [1.29, 1.82) is 0 Å². The normalized spacial score (nSPS) is 15.5. The van der Waals surface area contributed by atoms with Crippen molar-refractivity contribution in [3.63, 3.8) is 0 Å². The minimum atomic E-state index is -3.49. The van der Waals surface area contributed by atoms with Gasteiger partial charge < -0.3 is 4.90 Å². The number of piperazine rings is 1. The number of aryl methyl sites for hydroxylation is 3. The molecule has 1 fully saturated rings. The van der Waals surface area contributed by atoms with Crippen molar-refractivity contribution in [3.05, 3.63) is 71.0 Å². The minimum Gasteiger partial charge on any atom is -0.366 e. The number of nitrogens with zero attached hydrogens (tertiary/aromatic N) is 4. The number of hydrogen-bond acceptors (Lipinski definition) is 4. The lowest BCUT2D eigenvalue weighted by molar-refractivity contribution is 0.384. The van der Waals surface area contributed by atoms with E-state index in [1.807, 2.05) is 67.9 Å². The number of rotatable bonds is 4. The van der Waals surface area contributed by atoms with Crippen LogP contribution in [0.1, 0.15) is 22.5 Å². The highest BCUT2D eigenvalue weighted by molar-refractivity contribution is 7.89. The van der Waals surface area contributed by atoms with Gasteiger partial charge in [-0.2, -0.15) is 9.40 Å². The van der Waals surface area contributed by atoms with E-state index in [-0.39, 0.29) is 0 Å². The SMILES string of the molecule is Cc1ccc(S(=O)(=O)N2CCN(c3c(C)nn(-c4ccccc4)c3C)CC2)c(C)c1. The molecule has 0 N–H and O–H groups in total. The summed E-state index contributed by atoms with van der Waals surface area (Å²) in [5.41, 5.74) is 6.03. The second-order valence-corrected chi connectivity index (χ2v) is 9.83. The lowest BCUT2D eigenvalue weighted by Gasteiger charge is -2.35. The monoisotopic (exact) mass is 424 g/mol. The van der Waals surface area contributed by atoms with Crippen molar-refractivity contribution >= 4 is 15.7 Å². The lowest BCUT2D eigenvalue weighted by atomic mass is 10.2. The number of benzene rings is 2. The van der Waals surface area contributed by atoms with Crippen LogP contribution < -0.4 is 4.90 Å². The lowest BCUT2D eigenvalue weighted by Crippen LogP contribution is -2.49. The summed E-state index contributed by atoms with van der Waals surface area (Å²) in [6, 6.07) is 15.6. The van der Waals surface area contributed by atoms with Crippen LogP contribution in [0.5, 0.6) is 0 Å². The van der Waals surface area contributed by atoms with Gasteiger partial charge in [0.1, 0.15) is 0 Å².